The summed E-state index contributed by atoms with van der Waals surface area (Å²) in [6.07, 6.45) is 3.37. The van der Waals surface area contributed by atoms with Crippen molar-refractivity contribution in [3.63, 3.8) is 0 Å². The minimum Gasteiger partial charge on any atom is -0.337 e. The molecule has 0 saturated carbocycles. The number of hydrogen-bond acceptors (Lipinski definition) is 3. The summed E-state index contributed by atoms with van der Waals surface area (Å²) in [4.78, 5) is 40.3. The molecule has 2 aliphatic rings. The molecule has 23 heavy (non-hydrogen) atoms. The van der Waals surface area contributed by atoms with Gasteiger partial charge in [0, 0.05) is 25.0 Å². The Bertz CT molecular complexity index is 610. The molecule has 3 rings (SSSR count). The topological polar surface area (TPSA) is 57.7 Å². The average Bonchev–Trinajstić information content (AvgIpc) is 2.77. The predicted molar refractivity (Wildman–Crippen MR) is 86.0 cm³/mol. The minimum atomic E-state index is -0.293. The highest BCUT2D eigenvalue weighted by Gasteiger charge is 2.36. The summed E-state index contributed by atoms with van der Waals surface area (Å²) in [6, 6.07) is 7.27. The number of carbonyl (C=O) groups excluding carboxylic acids is 3. The first-order valence-corrected chi connectivity index (χ1v) is 8.27. The van der Waals surface area contributed by atoms with Gasteiger partial charge in [-0.25, -0.2) is 0 Å². The normalized spacial score (nSPS) is 24.1. The van der Waals surface area contributed by atoms with Crippen LogP contribution < -0.4 is 0 Å². The van der Waals surface area contributed by atoms with Crippen molar-refractivity contribution in [2.24, 2.45) is 0 Å². The van der Waals surface area contributed by atoms with E-state index < -0.39 is 0 Å². The maximum atomic E-state index is 12.5. The maximum absolute atomic E-state index is 12.5. The lowest BCUT2D eigenvalue weighted by Gasteiger charge is -2.39. The highest BCUT2D eigenvalue weighted by Crippen LogP contribution is 2.25. The summed E-state index contributed by atoms with van der Waals surface area (Å²) in [5, 5.41) is 0. The summed E-state index contributed by atoms with van der Waals surface area (Å²) in [5.74, 6) is -0.558. The second kappa shape index (κ2) is 6.14. The van der Waals surface area contributed by atoms with E-state index in [-0.39, 0.29) is 42.8 Å². The second-order valence-corrected chi connectivity index (χ2v) is 6.49. The first kappa shape index (κ1) is 15.7. The van der Waals surface area contributed by atoms with E-state index in [0.29, 0.717) is 11.1 Å². The van der Waals surface area contributed by atoms with Crippen LogP contribution in [0, 0.1) is 0 Å². The zero-order valence-corrected chi connectivity index (χ0v) is 13.6. The molecule has 1 aromatic rings. The number of carbonyl (C=O) groups is 3. The molecule has 2 aliphatic heterocycles. The van der Waals surface area contributed by atoms with Crippen LogP contribution in [0.1, 0.15) is 60.2 Å². The molecule has 0 aliphatic carbocycles. The van der Waals surface area contributed by atoms with E-state index >= 15 is 0 Å². The molecule has 1 fully saturated rings. The molecule has 0 spiro atoms. The van der Waals surface area contributed by atoms with E-state index in [4.69, 9.17) is 0 Å². The SMILES string of the molecule is CC1CCCC(C)N1C(=O)CCN1C(=O)c2ccccc2C1=O. The van der Waals surface area contributed by atoms with Crippen LogP contribution in [0.2, 0.25) is 0 Å². The van der Waals surface area contributed by atoms with Crippen molar-refractivity contribution in [3.05, 3.63) is 35.4 Å². The van der Waals surface area contributed by atoms with Crippen molar-refractivity contribution in [3.8, 4) is 0 Å². The molecule has 0 bridgehead atoms. The zero-order chi connectivity index (χ0) is 16.6. The van der Waals surface area contributed by atoms with Gasteiger partial charge in [-0.05, 0) is 45.2 Å². The van der Waals surface area contributed by atoms with E-state index in [2.05, 4.69) is 13.8 Å². The first-order valence-electron chi connectivity index (χ1n) is 8.27. The van der Waals surface area contributed by atoms with Gasteiger partial charge in [-0.3, -0.25) is 19.3 Å². The molecule has 1 aromatic carbocycles. The number of imide groups is 1. The van der Waals surface area contributed by atoms with Gasteiger partial charge in [0.05, 0.1) is 11.1 Å². The van der Waals surface area contributed by atoms with Gasteiger partial charge in [-0.15, -0.1) is 0 Å². The molecule has 0 aromatic heterocycles. The Morgan fingerprint density at radius 1 is 1.04 bits per heavy atom. The van der Waals surface area contributed by atoms with Gasteiger partial charge in [-0.1, -0.05) is 12.1 Å². The quantitative estimate of drug-likeness (QED) is 0.805. The van der Waals surface area contributed by atoms with Crippen LogP contribution in [0.3, 0.4) is 0 Å². The molecule has 5 heteroatoms. The van der Waals surface area contributed by atoms with Crippen LogP contribution in [-0.4, -0.2) is 46.1 Å². The molecule has 0 N–H and O–H groups in total. The number of nitrogens with zero attached hydrogens (tertiary/aromatic N) is 2. The second-order valence-electron chi connectivity index (χ2n) is 6.49. The van der Waals surface area contributed by atoms with Crippen LogP contribution in [-0.2, 0) is 4.79 Å². The fourth-order valence-electron chi connectivity index (χ4n) is 3.69. The number of rotatable bonds is 3. The third-order valence-electron chi connectivity index (χ3n) is 4.91. The van der Waals surface area contributed by atoms with E-state index in [9.17, 15) is 14.4 Å². The Balaban J connectivity index is 1.66. The summed E-state index contributed by atoms with van der Waals surface area (Å²) in [5.41, 5.74) is 0.870. The number of likely N-dealkylation sites (tertiary alicyclic amines) is 1. The third-order valence-corrected chi connectivity index (χ3v) is 4.91. The van der Waals surface area contributed by atoms with Crippen LogP contribution in [0.25, 0.3) is 0 Å². The monoisotopic (exact) mass is 314 g/mol. The number of fused-ring (bicyclic) bond motifs is 1. The summed E-state index contributed by atoms with van der Waals surface area (Å²) in [6.45, 7) is 4.28. The molecular weight excluding hydrogens is 292 g/mol. The van der Waals surface area contributed by atoms with Crippen molar-refractivity contribution in [2.75, 3.05) is 6.54 Å². The largest absolute Gasteiger partial charge is 0.337 e. The minimum absolute atomic E-state index is 0.0289. The zero-order valence-electron chi connectivity index (χ0n) is 13.6. The van der Waals surface area contributed by atoms with Gasteiger partial charge >= 0.3 is 0 Å². The van der Waals surface area contributed by atoms with Crippen LogP contribution >= 0.6 is 0 Å². The van der Waals surface area contributed by atoms with Gasteiger partial charge in [0.1, 0.15) is 0 Å². The lowest BCUT2D eigenvalue weighted by Crippen LogP contribution is -2.48. The average molecular weight is 314 g/mol. The van der Waals surface area contributed by atoms with E-state index in [1.807, 2.05) is 4.90 Å². The Morgan fingerprint density at radius 2 is 1.57 bits per heavy atom. The predicted octanol–water partition coefficient (Wildman–Crippen LogP) is 2.46. The summed E-state index contributed by atoms with van der Waals surface area (Å²) in [7, 11) is 0. The van der Waals surface area contributed by atoms with Crippen molar-refractivity contribution in [2.45, 2.75) is 51.6 Å². The van der Waals surface area contributed by atoms with Crippen LogP contribution in [0.15, 0.2) is 24.3 Å². The Morgan fingerprint density at radius 3 is 2.09 bits per heavy atom. The van der Waals surface area contributed by atoms with Gasteiger partial charge in [0.15, 0.2) is 0 Å². The van der Waals surface area contributed by atoms with Gasteiger partial charge in [-0.2, -0.15) is 0 Å². The number of benzene rings is 1. The van der Waals surface area contributed by atoms with E-state index in [0.717, 1.165) is 19.3 Å². The van der Waals surface area contributed by atoms with Gasteiger partial charge < -0.3 is 4.90 Å². The lowest BCUT2D eigenvalue weighted by atomic mass is 9.97. The van der Waals surface area contributed by atoms with Crippen molar-refractivity contribution >= 4 is 17.7 Å². The highest BCUT2D eigenvalue weighted by molar-refractivity contribution is 6.21. The van der Waals surface area contributed by atoms with Crippen LogP contribution in [0.4, 0.5) is 0 Å². The lowest BCUT2D eigenvalue weighted by molar-refractivity contribution is -0.137. The number of amides is 3. The molecule has 0 radical (unpaired) electrons. The Hall–Kier alpha value is -2.17. The fourth-order valence-corrected chi connectivity index (χ4v) is 3.69. The van der Waals surface area contributed by atoms with Gasteiger partial charge in [0.2, 0.25) is 5.91 Å². The standard InChI is InChI=1S/C18H22N2O3/c1-12-6-5-7-13(2)20(12)16(21)10-11-19-17(22)14-8-3-4-9-15(14)18(19)23/h3-4,8-9,12-13H,5-7,10-11H2,1-2H3. The van der Waals surface area contributed by atoms with E-state index in [1.165, 1.54) is 4.90 Å². The van der Waals surface area contributed by atoms with Crippen molar-refractivity contribution in [1.29, 1.82) is 0 Å². The molecule has 5 nitrogen and oxygen atoms in total. The number of piperidine rings is 1. The molecule has 2 unspecified atom stereocenters. The molecule has 2 heterocycles. The molecule has 2 atom stereocenters. The highest BCUT2D eigenvalue weighted by atomic mass is 16.2. The number of hydrogen-bond donors (Lipinski definition) is 0. The van der Waals surface area contributed by atoms with Crippen molar-refractivity contribution < 1.29 is 14.4 Å². The van der Waals surface area contributed by atoms with Crippen molar-refractivity contribution in [1.82, 2.24) is 9.80 Å². The Kier molecular flexibility index (Phi) is 4.20. The molecule has 3 amide bonds. The van der Waals surface area contributed by atoms with Gasteiger partial charge in [0.25, 0.3) is 11.8 Å². The van der Waals surface area contributed by atoms with Crippen LogP contribution in [0.5, 0.6) is 0 Å². The summed E-state index contributed by atoms with van der Waals surface area (Å²) < 4.78 is 0. The smallest absolute Gasteiger partial charge is 0.261 e. The van der Waals surface area contributed by atoms with E-state index in [1.54, 1.807) is 24.3 Å². The summed E-state index contributed by atoms with van der Waals surface area (Å²) >= 11 is 0. The molecule has 1 saturated heterocycles. The third kappa shape index (κ3) is 2.76. The molecule has 122 valence electrons. The molecular formula is C18H22N2O3. The Labute approximate surface area is 136 Å². The first-order chi connectivity index (χ1) is 11.0. The maximum Gasteiger partial charge on any atom is 0.261 e. The fraction of sp³-hybridized carbons (Fsp3) is 0.500.